The molecule has 0 saturated heterocycles. The highest BCUT2D eigenvalue weighted by Gasteiger charge is 2.17. The summed E-state index contributed by atoms with van der Waals surface area (Å²) >= 11 is 0. The maximum atomic E-state index is 2.28. The summed E-state index contributed by atoms with van der Waals surface area (Å²) in [6.45, 7) is 2.27. The molecular formula is C18H27IN2. The van der Waals surface area contributed by atoms with Crippen molar-refractivity contribution in [2.45, 2.75) is 45.4 Å². The van der Waals surface area contributed by atoms with Crippen molar-refractivity contribution in [2.75, 3.05) is 0 Å². The molecule has 1 aromatic carbocycles. The summed E-state index contributed by atoms with van der Waals surface area (Å²) < 4.78 is 4.43. The van der Waals surface area contributed by atoms with E-state index in [2.05, 4.69) is 66.9 Å². The standard InChI is InChI=1S/C18H27N2.HI/c1-4-5-6-7-9-14-17-15-19(2)20(3)18(17)16-12-10-8-11-13-16;/h8,10-13,15H,4-7,9,14H2,1-3H3;1H/q+1;/p-1. The molecule has 0 fully saturated rings. The average Bonchev–Trinajstić information content (AvgIpc) is 2.75. The SMILES string of the molecule is CCCCCCCc1c[n+](C)n(C)c1-c1ccccc1.[I-]. The molecule has 2 rings (SSSR count). The summed E-state index contributed by atoms with van der Waals surface area (Å²) in [7, 11) is 4.26. The highest BCUT2D eigenvalue weighted by Crippen LogP contribution is 2.23. The minimum Gasteiger partial charge on any atom is -1.00 e. The molecule has 0 N–H and O–H groups in total. The number of nitrogens with zero attached hydrogens (tertiary/aromatic N) is 2. The molecule has 0 spiro atoms. The van der Waals surface area contributed by atoms with E-state index in [1.807, 2.05) is 0 Å². The van der Waals surface area contributed by atoms with Gasteiger partial charge in [-0.25, -0.2) is 0 Å². The van der Waals surface area contributed by atoms with Crippen LogP contribution in [0.3, 0.4) is 0 Å². The third-order valence-corrected chi connectivity index (χ3v) is 4.04. The van der Waals surface area contributed by atoms with Crippen LogP contribution in [0.2, 0.25) is 0 Å². The van der Waals surface area contributed by atoms with E-state index in [4.69, 9.17) is 0 Å². The largest absolute Gasteiger partial charge is 1.00 e. The van der Waals surface area contributed by atoms with Gasteiger partial charge in [0.05, 0.1) is 7.05 Å². The monoisotopic (exact) mass is 398 g/mol. The second-order valence-electron chi connectivity index (χ2n) is 5.63. The van der Waals surface area contributed by atoms with E-state index < -0.39 is 0 Å². The van der Waals surface area contributed by atoms with Crippen LogP contribution in [-0.2, 0) is 20.5 Å². The quantitative estimate of drug-likeness (QED) is 0.375. The van der Waals surface area contributed by atoms with Crippen molar-refractivity contribution >= 4 is 0 Å². The van der Waals surface area contributed by atoms with E-state index in [0.717, 1.165) is 0 Å². The Hall–Kier alpha value is -0.840. The minimum atomic E-state index is 0. The Morgan fingerprint density at radius 3 is 2.33 bits per heavy atom. The van der Waals surface area contributed by atoms with E-state index in [0.29, 0.717) is 0 Å². The van der Waals surface area contributed by atoms with Gasteiger partial charge in [-0.3, -0.25) is 0 Å². The molecule has 0 atom stereocenters. The Kier molecular flexibility index (Phi) is 8.01. The van der Waals surface area contributed by atoms with Crippen molar-refractivity contribution in [2.24, 2.45) is 14.1 Å². The minimum absolute atomic E-state index is 0. The van der Waals surface area contributed by atoms with Crippen molar-refractivity contribution in [3.8, 4) is 11.3 Å². The number of hydrogen-bond donors (Lipinski definition) is 0. The number of hydrogen-bond acceptors (Lipinski definition) is 0. The zero-order valence-corrected chi connectivity index (χ0v) is 15.6. The first-order valence-corrected chi connectivity index (χ1v) is 7.84. The Labute approximate surface area is 146 Å². The van der Waals surface area contributed by atoms with Crippen LogP contribution in [0.25, 0.3) is 11.3 Å². The molecule has 116 valence electrons. The van der Waals surface area contributed by atoms with Crippen LogP contribution in [-0.4, -0.2) is 4.68 Å². The molecule has 1 heterocycles. The van der Waals surface area contributed by atoms with E-state index in [1.54, 1.807) is 0 Å². The molecule has 0 aliphatic rings. The molecule has 0 amide bonds. The molecular weight excluding hydrogens is 371 g/mol. The van der Waals surface area contributed by atoms with E-state index in [-0.39, 0.29) is 24.0 Å². The molecule has 0 radical (unpaired) electrons. The maximum absolute atomic E-state index is 2.28. The van der Waals surface area contributed by atoms with Gasteiger partial charge in [0, 0.05) is 11.1 Å². The number of halogens is 1. The lowest BCUT2D eigenvalue weighted by Crippen LogP contribution is -3.00. The average molecular weight is 398 g/mol. The van der Waals surface area contributed by atoms with Gasteiger partial charge >= 0.3 is 0 Å². The van der Waals surface area contributed by atoms with E-state index in [1.165, 1.54) is 55.3 Å². The highest BCUT2D eigenvalue weighted by atomic mass is 127. The van der Waals surface area contributed by atoms with Gasteiger partial charge in [-0.2, -0.15) is 4.68 Å². The number of benzene rings is 1. The van der Waals surface area contributed by atoms with Gasteiger partial charge in [0.1, 0.15) is 5.69 Å². The molecule has 3 heteroatoms. The molecule has 0 saturated carbocycles. The molecule has 0 unspecified atom stereocenters. The molecule has 21 heavy (non-hydrogen) atoms. The smallest absolute Gasteiger partial charge is 0.199 e. The van der Waals surface area contributed by atoms with Crippen molar-refractivity contribution in [3.05, 3.63) is 42.1 Å². The fourth-order valence-corrected chi connectivity index (χ4v) is 2.81. The maximum Gasteiger partial charge on any atom is 0.199 e. The summed E-state index contributed by atoms with van der Waals surface area (Å²) in [5.41, 5.74) is 4.15. The lowest BCUT2D eigenvalue weighted by atomic mass is 10.0. The van der Waals surface area contributed by atoms with Gasteiger partial charge < -0.3 is 24.0 Å². The summed E-state index contributed by atoms with van der Waals surface area (Å²) in [5.74, 6) is 0. The fourth-order valence-electron chi connectivity index (χ4n) is 2.81. The predicted molar refractivity (Wildman–Crippen MR) is 84.5 cm³/mol. The fraction of sp³-hybridized carbons (Fsp3) is 0.500. The van der Waals surface area contributed by atoms with Crippen LogP contribution in [0.5, 0.6) is 0 Å². The summed E-state index contributed by atoms with van der Waals surface area (Å²) in [6, 6.07) is 10.7. The molecule has 2 aromatic rings. The summed E-state index contributed by atoms with van der Waals surface area (Å²) in [5, 5.41) is 0. The van der Waals surface area contributed by atoms with Crippen LogP contribution >= 0.6 is 0 Å². The first-order valence-electron chi connectivity index (χ1n) is 7.84. The third-order valence-electron chi connectivity index (χ3n) is 4.04. The van der Waals surface area contributed by atoms with Crippen molar-refractivity contribution in [1.29, 1.82) is 0 Å². The molecule has 1 aromatic heterocycles. The molecule has 0 aliphatic carbocycles. The van der Waals surface area contributed by atoms with Crippen LogP contribution in [0, 0.1) is 0 Å². The third kappa shape index (κ3) is 4.83. The van der Waals surface area contributed by atoms with Gasteiger partial charge in [-0.15, -0.1) is 4.68 Å². The Bertz CT molecular complexity index is 532. The van der Waals surface area contributed by atoms with Gasteiger partial charge in [0.25, 0.3) is 0 Å². The molecule has 0 bridgehead atoms. The first kappa shape index (κ1) is 18.2. The second kappa shape index (κ2) is 9.23. The van der Waals surface area contributed by atoms with Crippen LogP contribution in [0.1, 0.15) is 44.6 Å². The van der Waals surface area contributed by atoms with Crippen LogP contribution < -0.4 is 28.7 Å². The number of aryl methyl sites for hydroxylation is 2. The van der Waals surface area contributed by atoms with Gasteiger partial charge in [-0.1, -0.05) is 62.9 Å². The zero-order valence-electron chi connectivity index (χ0n) is 13.5. The Balaban J connectivity index is 0.00000220. The first-order chi connectivity index (χ1) is 9.74. The van der Waals surface area contributed by atoms with Gasteiger partial charge in [0.2, 0.25) is 0 Å². The van der Waals surface area contributed by atoms with Crippen molar-refractivity contribution < 1.29 is 28.7 Å². The van der Waals surface area contributed by atoms with Gasteiger partial charge in [-0.05, 0) is 12.8 Å². The zero-order chi connectivity index (χ0) is 14.4. The lowest BCUT2D eigenvalue weighted by Gasteiger charge is -2.04. The lowest BCUT2D eigenvalue weighted by molar-refractivity contribution is -0.750. The number of aromatic nitrogens is 2. The predicted octanol–water partition coefficient (Wildman–Crippen LogP) is 1.03. The van der Waals surface area contributed by atoms with Gasteiger partial charge in [0.15, 0.2) is 13.2 Å². The number of unbranched alkanes of at least 4 members (excludes halogenated alkanes) is 4. The Morgan fingerprint density at radius 2 is 1.67 bits per heavy atom. The van der Waals surface area contributed by atoms with E-state index >= 15 is 0 Å². The second-order valence-corrected chi connectivity index (χ2v) is 5.63. The number of rotatable bonds is 7. The topological polar surface area (TPSA) is 8.81 Å². The van der Waals surface area contributed by atoms with Crippen LogP contribution in [0.15, 0.2) is 36.5 Å². The summed E-state index contributed by atoms with van der Waals surface area (Å²) in [4.78, 5) is 0. The van der Waals surface area contributed by atoms with Crippen molar-refractivity contribution in [3.63, 3.8) is 0 Å². The normalized spacial score (nSPS) is 10.4. The van der Waals surface area contributed by atoms with Crippen molar-refractivity contribution in [1.82, 2.24) is 4.68 Å². The summed E-state index contributed by atoms with van der Waals surface area (Å²) in [6.07, 6.45) is 10.2. The highest BCUT2D eigenvalue weighted by molar-refractivity contribution is 5.62. The van der Waals surface area contributed by atoms with Crippen LogP contribution in [0.4, 0.5) is 0 Å². The van der Waals surface area contributed by atoms with E-state index in [9.17, 15) is 0 Å². The molecule has 2 nitrogen and oxygen atoms in total. The Morgan fingerprint density at radius 1 is 1.00 bits per heavy atom. The molecule has 0 aliphatic heterocycles.